The molecule has 2 nitrogen and oxygen atoms in total. The third-order valence-corrected chi connectivity index (χ3v) is 3.89. The Morgan fingerprint density at radius 1 is 1.00 bits per heavy atom. The van der Waals surface area contributed by atoms with Crippen LogP contribution in [-0.4, -0.2) is 12.2 Å². The van der Waals surface area contributed by atoms with E-state index in [-0.39, 0.29) is 0 Å². The van der Waals surface area contributed by atoms with Gasteiger partial charge in [0.15, 0.2) is 0 Å². The lowest BCUT2D eigenvalue weighted by Gasteiger charge is -2.16. The number of ether oxygens (including phenoxy) is 1. The summed E-state index contributed by atoms with van der Waals surface area (Å²) in [5.41, 5.74) is 0. The summed E-state index contributed by atoms with van der Waals surface area (Å²) in [7, 11) is 1.72. The Balaban J connectivity index is 1.96. The van der Waals surface area contributed by atoms with Gasteiger partial charge >= 0.3 is 0 Å². The summed E-state index contributed by atoms with van der Waals surface area (Å²) in [6.07, 6.45) is 11.7. The fraction of sp³-hybridized carbons (Fsp3) is 0.385. The van der Waals surface area contributed by atoms with Crippen molar-refractivity contribution in [3.63, 3.8) is 0 Å². The number of thioether (sulfide) groups is 1. The lowest BCUT2D eigenvalue weighted by atomic mass is 10.1. The molecule has 2 aliphatic rings. The van der Waals surface area contributed by atoms with Gasteiger partial charge in [-0.2, -0.15) is 0 Å². The van der Waals surface area contributed by atoms with Crippen LogP contribution >= 0.6 is 11.8 Å². The second-order valence-corrected chi connectivity index (χ2v) is 5.12. The van der Waals surface area contributed by atoms with Crippen LogP contribution in [0.2, 0.25) is 0 Å². The maximum absolute atomic E-state index is 9.27. The topological polar surface area (TPSA) is 29.5 Å². The molecule has 2 rings (SSSR count). The van der Waals surface area contributed by atoms with Crippen LogP contribution in [0.15, 0.2) is 45.6 Å². The van der Waals surface area contributed by atoms with Gasteiger partial charge in [-0.1, -0.05) is 11.8 Å². The highest BCUT2D eigenvalue weighted by Crippen LogP contribution is 2.36. The third-order valence-electron chi connectivity index (χ3n) is 2.69. The molecule has 0 bridgehead atoms. The summed E-state index contributed by atoms with van der Waals surface area (Å²) in [6, 6.07) is 0. The molecule has 1 N–H and O–H groups in total. The van der Waals surface area contributed by atoms with E-state index in [9.17, 15) is 5.11 Å². The van der Waals surface area contributed by atoms with Crippen LogP contribution in [0, 0.1) is 0 Å². The molecule has 3 heteroatoms. The summed E-state index contributed by atoms with van der Waals surface area (Å²) >= 11 is 1.82. The van der Waals surface area contributed by atoms with Gasteiger partial charge in [-0.05, 0) is 47.0 Å². The van der Waals surface area contributed by atoms with Crippen molar-refractivity contribution in [1.29, 1.82) is 0 Å². The summed E-state index contributed by atoms with van der Waals surface area (Å²) in [5, 5.41) is 9.27. The first kappa shape index (κ1) is 11.4. The van der Waals surface area contributed by atoms with Gasteiger partial charge in [0.2, 0.25) is 0 Å². The van der Waals surface area contributed by atoms with Crippen molar-refractivity contribution in [2.45, 2.75) is 25.7 Å². The van der Waals surface area contributed by atoms with Gasteiger partial charge in [0.1, 0.15) is 0 Å². The molecule has 0 aliphatic heterocycles. The van der Waals surface area contributed by atoms with E-state index in [1.807, 2.05) is 23.9 Å². The molecule has 0 unspecified atom stereocenters. The standard InChI is InChI=1S/C13H16O2S/c1-15-11-4-8-13(9-5-11)16-12-6-2-10(14)3-7-12/h2,4,6,8,14H,3,5,7,9H2,1H3. The molecular weight excluding hydrogens is 220 g/mol. The fourth-order valence-corrected chi connectivity index (χ4v) is 2.73. The highest BCUT2D eigenvalue weighted by Gasteiger charge is 2.11. The quantitative estimate of drug-likeness (QED) is 0.801. The minimum absolute atomic E-state index is 0.489. The van der Waals surface area contributed by atoms with E-state index in [1.165, 1.54) is 9.81 Å². The molecule has 0 aromatic carbocycles. The van der Waals surface area contributed by atoms with Crippen LogP contribution < -0.4 is 0 Å². The van der Waals surface area contributed by atoms with Crippen LogP contribution in [0.25, 0.3) is 0 Å². The largest absolute Gasteiger partial charge is 0.512 e. The average molecular weight is 236 g/mol. The monoisotopic (exact) mass is 236 g/mol. The molecule has 0 fully saturated rings. The van der Waals surface area contributed by atoms with Crippen molar-refractivity contribution in [3.8, 4) is 0 Å². The maximum atomic E-state index is 9.27. The Bertz CT molecular complexity index is 389. The van der Waals surface area contributed by atoms with Crippen molar-refractivity contribution < 1.29 is 9.84 Å². The molecule has 0 radical (unpaired) electrons. The van der Waals surface area contributed by atoms with E-state index < -0.39 is 0 Å². The highest BCUT2D eigenvalue weighted by molar-refractivity contribution is 8.06. The van der Waals surface area contributed by atoms with E-state index in [4.69, 9.17) is 4.74 Å². The van der Waals surface area contributed by atoms with Crippen molar-refractivity contribution in [2.75, 3.05) is 7.11 Å². The van der Waals surface area contributed by atoms with Crippen molar-refractivity contribution in [3.05, 3.63) is 45.6 Å². The maximum Gasteiger partial charge on any atom is 0.0959 e. The second-order valence-electron chi connectivity index (χ2n) is 3.86. The van der Waals surface area contributed by atoms with Gasteiger partial charge in [-0.25, -0.2) is 0 Å². The fourth-order valence-electron chi connectivity index (χ4n) is 1.71. The molecule has 0 heterocycles. The summed E-state index contributed by atoms with van der Waals surface area (Å²) in [5.74, 6) is 1.54. The summed E-state index contributed by atoms with van der Waals surface area (Å²) in [6.45, 7) is 0. The van der Waals surface area contributed by atoms with E-state index in [2.05, 4.69) is 6.08 Å². The first-order valence-electron chi connectivity index (χ1n) is 5.48. The van der Waals surface area contributed by atoms with E-state index in [0.29, 0.717) is 5.76 Å². The first-order valence-corrected chi connectivity index (χ1v) is 6.30. The Hall–Kier alpha value is -1.09. The molecule has 2 aliphatic carbocycles. The molecule has 0 saturated carbocycles. The molecule has 0 spiro atoms. The number of aliphatic hydroxyl groups is 1. The van der Waals surface area contributed by atoms with Crippen molar-refractivity contribution in [1.82, 2.24) is 0 Å². The third kappa shape index (κ3) is 2.95. The SMILES string of the molecule is COC1=CC=C(SC2=CC=C(O)CC2)CC1. The van der Waals surface area contributed by atoms with E-state index in [0.717, 1.165) is 31.4 Å². The Kier molecular flexibility index (Phi) is 3.78. The number of aliphatic hydroxyl groups excluding tert-OH is 1. The van der Waals surface area contributed by atoms with Crippen LogP contribution in [-0.2, 0) is 4.74 Å². The zero-order valence-corrected chi connectivity index (χ0v) is 10.2. The molecule has 16 heavy (non-hydrogen) atoms. The number of rotatable bonds is 3. The summed E-state index contributed by atoms with van der Waals surface area (Å²) in [4.78, 5) is 2.71. The molecule has 0 atom stereocenters. The van der Waals surface area contributed by atoms with E-state index >= 15 is 0 Å². The van der Waals surface area contributed by atoms with Gasteiger partial charge in [-0.15, -0.1) is 0 Å². The average Bonchev–Trinajstić information content (AvgIpc) is 2.33. The second kappa shape index (κ2) is 5.30. The van der Waals surface area contributed by atoms with Gasteiger partial charge in [-0.3, -0.25) is 0 Å². The molecular formula is C13H16O2S. The minimum Gasteiger partial charge on any atom is -0.512 e. The zero-order valence-electron chi connectivity index (χ0n) is 9.40. The highest BCUT2D eigenvalue weighted by atomic mass is 32.2. The number of hydrogen-bond acceptors (Lipinski definition) is 3. The normalized spacial score (nSPS) is 20.6. The predicted molar refractivity (Wildman–Crippen MR) is 68.0 cm³/mol. The first-order chi connectivity index (χ1) is 7.78. The molecule has 0 aromatic rings. The summed E-state index contributed by atoms with van der Waals surface area (Å²) < 4.78 is 5.19. The van der Waals surface area contributed by atoms with Crippen LogP contribution in [0.4, 0.5) is 0 Å². The minimum atomic E-state index is 0.489. The zero-order chi connectivity index (χ0) is 11.4. The van der Waals surface area contributed by atoms with Crippen LogP contribution in [0.1, 0.15) is 25.7 Å². The lowest BCUT2D eigenvalue weighted by molar-refractivity contribution is 0.276. The van der Waals surface area contributed by atoms with Crippen LogP contribution in [0.5, 0.6) is 0 Å². The molecule has 86 valence electrons. The Labute approximate surface area is 100 Å². The van der Waals surface area contributed by atoms with Gasteiger partial charge in [0.25, 0.3) is 0 Å². The lowest BCUT2D eigenvalue weighted by Crippen LogP contribution is -1.95. The smallest absolute Gasteiger partial charge is 0.0959 e. The van der Waals surface area contributed by atoms with Crippen LogP contribution in [0.3, 0.4) is 0 Å². The molecule has 0 amide bonds. The number of allylic oxidation sites excluding steroid dienone is 8. The van der Waals surface area contributed by atoms with Gasteiger partial charge < -0.3 is 9.84 Å². The number of methoxy groups -OCH3 is 1. The van der Waals surface area contributed by atoms with Crippen molar-refractivity contribution >= 4 is 11.8 Å². The Morgan fingerprint density at radius 2 is 1.69 bits per heavy atom. The predicted octanol–water partition coefficient (Wildman–Crippen LogP) is 4.05. The van der Waals surface area contributed by atoms with Gasteiger partial charge in [0, 0.05) is 12.8 Å². The Morgan fingerprint density at radius 3 is 2.19 bits per heavy atom. The van der Waals surface area contributed by atoms with Gasteiger partial charge in [0.05, 0.1) is 18.6 Å². The number of hydrogen-bond donors (Lipinski definition) is 1. The molecule has 0 saturated heterocycles. The molecule has 0 aromatic heterocycles. The van der Waals surface area contributed by atoms with Crippen molar-refractivity contribution in [2.24, 2.45) is 0 Å². The van der Waals surface area contributed by atoms with E-state index in [1.54, 1.807) is 13.2 Å².